The highest BCUT2D eigenvalue weighted by Gasteiger charge is 2.57. The predicted octanol–water partition coefficient (Wildman–Crippen LogP) is 2.49. The maximum absolute atomic E-state index is 12.7. The van der Waals surface area contributed by atoms with E-state index in [1.807, 2.05) is 6.92 Å². The van der Waals surface area contributed by atoms with Gasteiger partial charge in [0.25, 0.3) is 0 Å². The highest BCUT2D eigenvalue weighted by atomic mass is 35.5. The summed E-state index contributed by atoms with van der Waals surface area (Å²) in [5, 5.41) is 9.62. The van der Waals surface area contributed by atoms with Crippen LogP contribution in [0.1, 0.15) is 32.6 Å². The lowest BCUT2D eigenvalue weighted by Gasteiger charge is -2.40. The number of alkyl halides is 3. The van der Waals surface area contributed by atoms with Crippen molar-refractivity contribution >= 4 is 12.4 Å². The van der Waals surface area contributed by atoms with E-state index in [0.717, 1.165) is 12.8 Å². The SMILES string of the molecule is CC1CCC(C(O)(CN)C(F)(F)F)CC1.Cl. The van der Waals surface area contributed by atoms with E-state index in [2.05, 4.69) is 0 Å². The number of nitrogens with two attached hydrogens (primary N) is 1. The molecule has 1 saturated carbocycles. The van der Waals surface area contributed by atoms with Crippen LogP contribution >= 0.6 is 12.4 Å². The largest absolute Gasteiger partial charge is 0.418 e. The molecule has 1 unspecified atom stereocenters. The second-order valence-electron chi connectivity index (χ2n) is 4.58. The second kappa shape index (κ2) is 5.56. The molecule has 3 N–H and O–H groups in total. The summed E-state index contributed by atoms with van der Waals surface area (Å²) in [6.45, 7) is 1.28. The van der Waals surface area contributed by atoms with Crippen LogP contribution < -0.4 is 5.73 Å². The van der Waals surface area contributed by atoms with E-state index < -0.39 is 24.2 Å². The number of halogens is 4. The van der Waals surface area contributed by atoms with Gasteiger partial charge in [0.2, 0.25) is 0 Å². The van der Waals surface area contributed by atoms with Crippen molar-refractivity contribution in [3.8, 4) is 0 Å². The Morgan fingerprint density at radius 2 is 1.62 bits per heavy atom. The van der Waals surface area contributed by atoms with Gasteiger partial charge in [-0.2, -0.15) is 13.2 Å². The van der Waals surface area contributed by atoms with Crippen molar-refractivity contribution in [1.82, 2.24) is 0 Å². The third-order valence-corrected chi connectivity index (χ3v) is 3.49. The minimum atomic E-state index is -4.62. The Morgan fingerprint density at radius 1 is 1.19 bits per heavy atom. The van der Waals surface area contributed by atoms with Gasteiger partial charge in [-0.1, -0.05) is 19.8 Å². The van der Waals surface area contributed by atoms with Crippen molar-refractivity contribution in [2.75, 3.05) is 6.54 Å². The van der Waals surface area contributed by atoms with Gasteiger partial charge in [-0.15, -0.1) is 12.4 Å². The van der Waals surface area contributed by atoms with E-state index in [-0.39, 0.29) is 12.4 Å². The Morgan fingerprint density at radius 3 is 1.94 bits per heavy atom. The van der Waals surface area contributed by atoms with Gasteiger partial charge in [-0.3, -0.25) is 0 Å². The molecule has 0 spiro atoms. The number of aliphatic hydroxyl groups is 1. The number of hydrogen-bond donors (Lipinski definition) is 2. The van der Waals surface area contributed by atoms with Gasteiger partial charge in [0, 0.05) is 6.54 Å². The minimum absolute atomic E-state index is 0. The Kier molecular flexibility index (Phi) is 5.56. The molecule has 0 aliphatic heterocycles. The van der Waals surface area contributed by atoms with E-state index in [0.29, 0.717) is 18.8 Å². The minimum Gasteiger partial charge on any atom is -0.379 e. The Labute approximate surface area is 99.8 Å². The van der Waals surface area contributed by atoms with Gasteiger partial charge in [-0.25, -0.2) is 0 Å². The van der Waals surface area contributed by atoms with Crippen molar-refractivity contribution in [2.24, 2.45) is 17.6 Å². The summed E-state index contributed by atoms with van der Waals surface area (Å²) in [6, 6.07) is 0. The fourth-order valence-corrected chi connectivity index (χ4v) is 2.25. The Hall–Kier alpha value is -0.0000000000000000555. The summed E-state index contributed by atoms with van der Waals surface area (Å²) in [6.07, 6.45) is -2.32. The van der Waals surface area contributed by atoms with E-state index in [4.69, 9.17) is 5.73 Å². The molecule has 98 valence electrons. The van der Waals surface area contributed by atoms with E-state index in [1.165, 1.54) is 0 Å². The molecule has 0 aromatic rings. The Balaban J connectivity index is 0.00000225. The zero-order valence-corrected chi connectivity index (χ0v) is 10.1. The normalized spacial score (nSPS) is 30.4. The maximum atomic E-state index is 12.7. The smallest absolute Gasteiger partial charge is 0.379 e. The van der Waals surface area contributed by atoms with Crippen LogP contribution in [0, 0.1) is 11.8 Å². The molecular weight excluding hydrogens is 243 g/mol. The van der Waals surface area contributed by atoms with Crippen LogP contribution in [-0.2, 0) is 0 Å². The standard InChI is InChI=1S/C10H18F3NO.ClH/c1-7-2-4-8(5-3-7)9(15,6-14)10(11,12)13;/h7-8,15H,2-6,14H2,1H3;1H. The van der Waals surface area contributed by atoms with Crippen molar-refractivity contribution < 1.29 is 18.3 Å². The van der Waals surface area contributed by atoms with Gasteiger partial charge in [0.1, 0.15) is 0 Å². The third-order valence-electron chi connectivity index (χ3n) is 3.49. The fourth-order valence-electron chi connectivity index (χ4n) is 2.25. The van der Waals surface area contributed by atoms with E-state index in [1.54, 1.807) is 0 Å². The maximum Gasteiger partial charge on any atom is 0.418 e. The fraction of sp³-hybridized carbons (Fsp3) is 1.00. The average molecular weight is 262 g/mol. The average Bonchev–Trinajstić information content (AvgIpc) is 2.16. The van der Waals surface area contributed by atoms with Gasteiger partial charge in [-0.05, 0) is 24.7 Å². The van der Waals surface area contributed by atoms with Crippen LogP contribution in [0.5, 0.6) is 0 Å². The van der Waals surface area contributed by atoms with Crippen LogP contribution in [0.3, 0.4) is 0 Å². The molecule has 16 heavy (non-hydrogen) atoms. The molecule has 1 aliphatic carbocycles. The van der Waals surface area contributed by atoms with Gasteiger partial charge < -0.3 is 10.8 Å². The third kappa shape index (κ3) is 3.02. The van der Waals surface area contributed by atoms with Crippen LogP contribution in [-0.4, -0.2) is 23.4 Å². The summed E-state index contributed by atoms with van der Waals surface area (Å²) < 4.78 is 38.0. The van der Waals surface area contributed by atoms with Gasteiger partial charge in [0.05, 0.1) is 0 Å². The summed E-state index contributed by atoms with van der Waals surface area (Å²) in [7, 11) is 0. The van der Waals surface area contributed by atoms with Gasteiger partial charge in [0.15, 0.2) is 5.60 Å². The first-order valence-corrected chi connectivity index (χ1v) is 5.30. The molecule has 6 heteroatoms. The zero-order valence-electron chi connectivity index (χ0n) is 9.26. The molecule has 0 radical (unpaired) electrons. The molecule has 1 aliphatic rings. The summed E-state index contributed by atoms with van der Waals surface area (Å²) >= 11 is 0. The topological polar surface area (TPSA) is 46.2 Å². The predicted molar refractivity (Wildman–Crippen MR) is 58.4 cm³/mol. The van der Waals surface area contributed by atoms with Crippen LogP contribution in [0.2, 0.25) is 0 Å². The quantitative estimate of drug-likeness (QED) is 0.802. The molecule has 1 atom stereocenters. The summed E-state index contributed by atoms with van der Waals surface area (Å²) in [5.41, 5.74) is 2.40. The molecule has 0 aromatic carbocycles. The second-order valence-corrected chi connectivity index (χ2v) is 4.58. The van der Waals surface area contributed by atoms with Crippen molar-refractivity contribution in [1.29, 1.82) is 0 Å². The molecule has 2 nitrogen and oxygen atoms in total. The number of rotatable bonds is 2. The molecule has 1 rings (SSSR count). The van der Waals surface area contributed by atoms with Crippen LogP contribution in [0.4, 0.5) is 13.2 Å². The molecule has 0 saturated heterocycles. The van der Waals surface area contributed by atoms with Gasteiger partial charge >= 0.3 is 6.18 Å². The first kappa shape index (κ1) is 16.0. The number of hydrogen-bond acceptors (Lipinski definition) is 2. The van der Waals surface area contributed by atoms with Crippen molar-refractivity contribution in [3.63, 3.8) is 0 Å². The van der Waals surface area contributed by atoms with Crippen molar-refractivity contribution in [2.45, 2.75) is 44.4 Å². The highest BCUT2D eigenvalue weighted by Crippen LogP contribution is 2.43. The first-order valence-electron chi connectivity index (χ1n) is 5.30. The van der Waals surface area contributed by atoms with Crippen LogP contribution in [0.25, 0.3) is 0 Å². The lowest BCUT2D eigenvalue weighted by Crippen LogP contribution is -2.57. The molecule has 0 aromatic heterocycles. The monoisotopic (exact) mass is 261 g/mol. The first-order chi connectivity index (χ1) is 6.81. The van der Waals surface area contributed by atoms with Crippen LogP contribution in [0.15, 0.2) is 0 Å². The lowest BCUT2D eigenvalue weighted by atomic mass is 9.73. The van der Waals surface area contributed by atoms with E-state index in [9.17, 15) is 18.3 Å². The summed E-state index contributed by atoms with van der Waals surface area (Å²) in [4.78, 5) is 0. The van der Waals surface area contributed by atoms with Crippen molar-refractivity contribution in [3.05, 3.63) is 0 Å². The molecule has 0 amide bonds. The molecule has 0 heterocycles. The lowest BCUT2D eigenvalue weighted by molar-refractivity contribution is -0.278. The zero-order chi connectivity index (χ0) is 11.7. The molecular formula is C10H19ClF3NO. The summed E-state index contributed by atoms with van der Waals surface area (Å²) in [5.74, 6) is -0.282. The highest BCUT2D eigenvalue weighted by molar-refractivity contribution is 5.85. The molecule has 0 bridgehead atoms. The molecule has 1 fully saturated rings. The van der Waals surface area contributed by atoms with E-state index >= 15 is 0 Å². The Bertz CT molecular complexity index is 217.